The molecular formula is C31H50N6O5. The molecule has 7 N–H and O–H groups in total. The molecule has 5 amide bonds. The quantitative estimate of drug-likeness (QED) is 0.0878. The van der Waals surface area contributed by atoms with Gasteiger partial charge in [0.05, 0.1) is 5.76 Å². The number of nitrogens with two attached hydrogens (primary N) is 1. The van der Waals surface area contributed by atoms with Gasteiger partial charge in [0.1, 0.15) is 18.7 Å². The molecule has 1 aromatic rings. The van der Waals surface area contributed by atoms with E-state index in [9.17, 15) is 19.2 Å². The second-order valence-corrected chi connectivity index (χ2v) is 11.3. The first kappa shape index (κ1) is 36.2. The average molecular weight is 587 g/mol. The molecule has 0 aromatic heterocycles. The normalized spacial score (nSPS) is 14.1. The Bertz CT molecular complexity index is 1070. The number of ether oxygens (including phenoxy) is 1. The predicted octanol–water partition coefficient (Wildman–Crippen LogP) is 3.33. The Morgan fingerprint density at radius 2 is 1.60 bits per heavy atom. The van der Waals surface area contributed by atoms with Crippen LogP contribution >= 0.6 is 0 Å². The van der Waals surface area contributed by atoms with Crippen LogP contribution in [0.15, 0.2) is 48.8 Å². The van der Waals surface area contributed by atoms with Crippen LogP contribution in [-0.2, 0) is 25.7 Å². The van der Waals surface area contributed by atoms with E-state index in [1.54, 1.807) is 31.2 Å². The number of primary amides is 1. The van der Waals surface area contributed by atoms with Crippen LogP contribution in [0.25, 0.3) is 0 Å². The summed E-state index contributed by atoms with van der Waals surface area (Å²) in [4.78, 5) is 50.6. The molecule has 0 aliphatic heterocycles. The summed E-state index contributed by atoms with van der Waals surface area (Å²) in [5.41, 5.74) is 6.54. The molecule has 0 aliphatic carbocycles. The fourth-order valence-electron chi connectivity index (χ4n) is 4.17. The lowest BCUT2D eigenvalue weighted by molar-refractivity contribution is -0.133. The number of hydrogen-bond acceptors (Lipinski definition) is 6. The number of carbonyl (C=O) groups excluding carboxylic acids is 4. The van der Waals surface area contributed by atoms with Gasteiger partial charge in [0.2, 0.25) is 11.8 Å². The number of hydrogen-bond donors (Lipinski definition) is 6. The van der Waals surface area contributed by atoms with E-state index in [1.165, 1.54) is 0 Å². The molecule has 11 nitrogen and oxygen atoms in total. The molecule has 0 saturated carbocycles. The molecule has 42 heavy (non-hydrogen) atoms. The smallest absolute Gasteiger partial charge is 0.312 e. The summed E-state index contributed by atoms with van der Waals surface area (Å²) in [6.07, 6.45) is 4.23. The van der Waals surface area contributed by atoms with E-state index in [0.29, 0.717) is 36.9 Å². The minimum Gasteiger partial charge on any atom is -0.494 e. The van der Waals surface area contributed by atoms with Crippen LogP contribution in [0.3, 0.4) is 0 Å². The van der Waals surface area contributed by atoms with E-state index in [-0.39, 0.29) is 30.3 Å². The molecule has 4 atom stereocenters. The molecule has 0 radical (unpaired) electrons. The van der Waals surface area contributed by atoms with Crippen molar-refractivity contribution >= 4 is 29.4 Å². The van der Waals surface area contributed by atoms with Gasteiger partial charge in [-0.05, 0) is 50.3 Å². The zero-order valence-electron chi connectivity index (χ0n) is 26.1. The molecule has 1 aromatic carbocycles. The lowest BCUT2D eigenvalue weighted by atomic mass is 9.98. The third-order valence-electron chi connectivity index (χ3n) is 6.25. The van der Waals surface area contributed by atoms with Gasteiger partial charge in [-0.1, -0.05) is 65.5 Å². The average Bonchev–Trinajstić information content (AvgIpc) is 2.89. The zero-order valence-corrected chi connectivity index (χ0v) is 26.1. The summed E-state index contributed by atoms with van der Waals surface area (Å²) in [7, 11) is 0. The Morgan fingerprint density at radius 1 is 0.952 bits per heavy atom. The van der Waals surface area contributed by atoms with Crippen LogP contribution in [-0.4, -0.2) is 54.5 Å². The maximum atomic E-state index is 13.4. The van der Waals surface area contributed by atoms with Crippen molar-refractivity contribution in [3.05, 3.63) is 54.3 Å². The van der Waals surface area contributed by atoms with Crippen molar-refractivity contribution in [2.45, 2.75) is 92.1 Å². The maximum Gasteiger partial charge on any atom is 0.312 e. The van der Waals surface area contributed by atoms with E-state index in [2.05, 4.69) is 33.2 Å². The van der Waals surface area contributed by atoms with Crippen molar-refractivity contribution in [2.75, 3.05) is 11.9 Å². The SMILES string of the molecule is C=C(C)OCc1ccc(NC(=O)[C@H](/C=C/CCNC(N)=O)NC(=O)[C@@H](NC(=O)C(C)CC(C)NC(C)C)C(C)C)cc1. The lowest BCUT2D eigenvalue weighted by Gasteiger charge is -2.26. The standard InChI is InChI=1S/C31H50N6O5/c1-19(2)27(37-28(38)22(7)17-23(8)34-20(3)4)30(40)36-26(11-9-10-16-33-31(32)41)29(39)35-25-14-12-24(13-15-25)18-42-21(5)6/h9,11-15,19-20,22-23,26-27,34H,5,10,16-18H2,1-4,6-8H3,(H,35,39)(H,36,40)(H,37,38)(H3,32,33,41)/b11-9+/t22?,23?,26-,27-/m0/s1. The Balaban J connectivity index is 2.99. The fourth-order valence-corrected chi connectivity index (χ4v) is 4.17. The maximum absolute atomic E-state index is 13.4. The van der Waals surface area contributed by atoms with E-state index in [4.69, 9.17) is 10.5 Å². The lowest BCUT2D eigenvalue weighted by Crippen LogP contribution is -2.55. The van der Waals surface area contributed by atoms with Crippen molar-refractivity contribution in [1.29, 1.82) is 0 Å². The largest absolute Gasteiger partial charge is 0.494 e. The molecule has 11 heteroatoms. The third kappa shape index (κ3) is 14.7. The highest BCUT2D eigenvalue weighted by atomic mass is 16.5. The highest BCUT2D eigenvalue weighted by molar-refractivity contribution is 5.99. The molecule has 1 rings (SSSR count). The molecule has 0 heterocycles. The summed E-state index contributed by atoms with van der Waals surface area (Å²) >= 11 is 0. The number of amides is 5. The summed E-state index contributed by atoms with van der Waals surface area (Å²) in [5.74, 6) is -1.12. The molecule has 0 fully saturated rings. The van der Waals surface area contributed by atoms with Crippen LogP contribution in [0, 0.1) is 11.8 Å². The van der Waals surface area contributed by atoms with Gasteiger partial charge in [-0.15, -0.1) is 0 Å². The van der Waals surface area contributed by atoms with Crippen LogP contribution in [0.4, 0.5) is 10.5 Å². The fraction of sp³-hybridized carbons (Fsp3) is 0.548. The molecule has 0 bridgehead atoms. The van der Waals surface area contributed by atoms with E-state index in [0.717, 1.165) is 5.56 Å². The Hall–Kier alpha value is -3.86. The van der Waals surface area contributed by atoms with Crippen LogP contribution in [0.2, 0.25) is 0 Å². The first-order valence-electron chi connectivity index (χ1n) is 14.4. The Kier molecular flexibility index (Phi) is 16.0. The van der Waals surface area contributed by atoms with Gasteiger partial charge in [-0.2, -0.15) is 0 Å². The number of nitrogens with one attached hydrogen (secondary N) is 5. The molecule has 234 valence electrons. The monoisotopic (exact) mass is 586 g/mol. The van der Waals surface area contributed by atoms with Crippen molar-refractivity contribution in [2.24, 2.45) is 17.6 Å². The second kappa shape index (κ2) is 18.5. The Morgan fingerprint density at radius 3 is 2.14 bits per heavy atom. The van der Waals surface area contributed by atoms with Crippen LogP contribution in [0.1, 0.15) is 66.9 Å². The van der Waals surface area contributed by atoms with E-state index in [1.807, 2.05) is 53.7 Å². The van der Waals surface area contributed by atoms with Gasteiger partial charge < -0.3 is 37.1 Å². The molecule has 0 saturated heterocycles. The summed E-state index contributed by atoms with van der Waals surface area (Å²) in [6.45, 7) is 17.7. The van der Waals surface area contributed by atoms with E-state index < -0.39 is 29.9 Å². The van der Waals surface area contributed by atoms with Gasteiger partial charge in [-0.3, -0.25) is 14.4 Å². The predicted molar refractivity (Wildman–Crippen MR) is 166 cm³/mol. The first-order chi connectivity index (χ1) is 19.7. The van der Waals surface area contributed by atoms with Gasteiger partial charge in [0.25, 0.3) is 5.91 Å². The number of urea groups is 1. The first-order valence-corrected chi connectivity index (χ1v) is 14.4. The van der Waals surface area contributed by atoms with Gasteiger partial charge in [0, 0.05) is 30.2 Å². The summed E-state index contributed by atoms with van der Waals surface area (Å²) in [5, 5.41) is 14.3. The molecular weight excluding hydrogens is 536 g/mol. The third-order valence-corrected chi connectivity index (χ3v) is 6.25. The highest BCUT2D eigenvalue weighted by Gasteiger charge is 2.29. The number of anilines is 1. The van der Waals surface area contributed by atoms with Crippen molar-refractivity contribution in [3.8, 4) is 0 Å². The summed E-state index contributed by atoms with van der Waals surface area (Å²) < 4.78 is 5.42. The summed E-state index contributed by atoms with van der Waals surface area (Å²) in [6, 6.07) is 5.00. The topological polar surface area (TPSA) is 164 Å². The second-order valence-electron chi connectivity index (χ2n) is 11.3. The zero-order chi connectivity index (χ0) is 31.8. The molecule has 0 spiro atoms. The Labute approximate surface area is 250 Å². The van der Waals surface area contributed by atoms with Crippen LogP contribution in [0.5, 0.6) is 0 Å². The van der Waals surface area contributed by atoms with Gasteiger partial charge >= 0.3 is 6.03 Å². The number of rotatable bonds is 18. The van der Waals surface area contributed by atoms with Crippen molar-refractivity contribution < 1.29 is 23.9 Å². The minimum absolute atomic E-state index is 0.132. The molecule has 0 aliphatic rings. The van der Waals surface area contributed by atoms with Crippen molar-refractivity contribution in [1.82, 2.24) is 21.3 Å². The molecule has 2 unspecified atom stereocenters. The highest BCUT2D eigenvalue weighted by Crippen LogP contribution is 2.13. The minimum atomic E-state index is -1.04. The van der Waals surface area contributed by atoms with Crippen molar-refractivity contribution in [3.63, 3.8) is 0 Å². The number of carbonyl (C=O) groups is 4. The van der Waals surface area contributed by atoms with Gasteiger partial charge in [-0.25, -0.2) is 4.79 Å². The number of benzene rings is 1. The van der Waals surface area contributed by atoms with Crippen LogP contribution < -0.4 is 32.3 Å². The van der Waals surface area contributed by atoms with E-state index >= 15 is 0 Å². The number of allylic oxidation sites excluding steroid dienone is 1. The van der Waals surface area contributed by atoms with Gasteiger partial charge in [0.15, 0.2) is 0 Å².